The predicted molar refractivity (Wildman–Crippen MR) is 73.8 cm³/mol. The molecule has 0 unspecified atom stereocenters. The van der Waals surface area contributed by atoms with Crippen LogP contribution in [-0.4, -0.2) is 18.3 Å². The Morgan fingerprint density at radius 3 is 2.60 bits per heavy atom. The summed E-state index contributed by atoms with van der Waals surface area (Å²) >= 11 is 3.13. The number of ether oxygens (including phenoxy) is 2. The molecule has 0 fully saturated rings. The van der Waals surface area contributed by atoms with E-state index in [4.69, 9.17) is 4.74 Å². The number of rotatable bonds is 4. The van der Waals surface area contributed by atoms with Gasteiger partial charge in [-0.3, -0.25) is 0 Å². The molecule has 4 nitrogen and oxygen atoms in total. The van der Waals surface area contributed by atoms with Crippen LogP contribution in [0.2, 0.25) is 0 Å². The van der Waals surface area contributed by atoms with Crippen LogP contribution >= 0.6 is 15.9 Å². The summed E-state index contributed by atoms with van der Waals surface area (Å²) in [6.45, 7) is 2.29. The predicted octanol–water partition coefficient (Wildman–Crippen LogP) is 4.08. The lowest BCUT2D eigenvalue weighted by molar-refractivity contribution is -0.0509. The lowest BCUT2D eigenvalue weighted by Gasteiger charge is -2.20. The Balaban J connectivity index is 2.73. The molecule has 1 aromatic rings. The summed E-state index contributed by atoms with van der Waals surface area (Å²) in [7, 11) is 0. The van der Waals surface area contributed by atoms with Crippen molar-refractivity contribution in [2.75, 3.05) is 0 Å². The topological polar surface area (TPSA) is 47.6 Å². The number of alkyl halides is 2. The molecule has 20 heavy (non-hydrogen) atoms. The number of para-hydroxylation sites is 1. The molecule has 0 aliphatic carbocycles. The maximum Gasteiger partial charge on any atom is 0.407 e. The van der Waals surface area contributed by atoms with Crippen molar-refractivity contribution in [2.24, 2.45) is 0 Å². The first-order valence-electron chi connectivity index (χ1n) is 5.88. The van der Waals surface area contributed by atoms with Crippen LogP contribution in [0, 0.1) is 0 Å². The van der Waals surface area contributed by atoms with Crippen LogP contribution in [0.5, 0.6) is 5.75 Å². The standard InChI is InChI=1S/C13H16BrF2NO3/c1-13(2,3)20-12(18)17-7-8-5-4-6-9(14)10(8)19-11(15)16/h4-6,11H,7H2,1-3H3,(H,17,18). The van der Waals surface area contributed by atoms with E-state index in [0.29, 0.717) is 10.0 Å². The fourth-order valence-corrected chi connectivity index (χ4v) is 1.90. The molecule has 7 heteroatoms. The normalized spacial score (nSPS) is 11.3. The Kier molecular flexibility index (Phi) is 5.74. The summed E-state index contributed by atoms with van der Waals surface area (Å²) in [5.41, 5.74) is -0.200. The monoisotopic (exact) mass is 351 g/mol. The maximum absolute atomic E-state index is 12.3. The second-order valence-corrected chi connectivity index (χ2v) is 5.82. The third-order valence-electron chi connectivity index (χ3n) is 2.08. The Hall–Kier alpha value is -1.37. The van der Waals surface area contributed by atoms with Crippen LogP contribution in [0.15, 0.2) is 22.7 Å². The molecule has 0 spiro atoms. The summed E-state index contributed by atoms with van der Waals surface area (Å²) in [5, 5.41) is 2.49. The summed E-state index contributed by atoms with van der Waals surface area (Å²) < 4.78 is 34.6. The van der Waals surface area contributed by atoms with Gasteiger partial charge < -0.3 is 14.8 Å². The van der Waals surface area contributed by atoms with E-state index >= 15 is 0 Å². The second kappa shape index (κ2) is 6.88. The van der Waals surface area contributed by atoms with Crippen molar-refractivity contribution in [2.45, 2.75) is 39.5 Å². The highest BCUT2D eigenvalue weighted by Gasteiger charge is 2.17. The molecule has 0 aliphatic rings. The minimum atomic E-state index is -2.94. The Morgan fingerprint density at radius 2 is 2.05 bits per heavy atom. The van der Waals surface area contributed by atoms with Gasteiger partial charge in [-0.25, -0.2) is 4.79 Å². The number of halogens is 3. The first-order chi connectivity index (χ1) is 9.19. The fourth-order valence-electron chi connectivity index (χ4n) is 1.40. The highest BCUT2D eigenvalue weighted by molar-refractivity contribution is 9.10. The number of nitrogens with one attached hydrogen (secondary N) is 1. The molecule has 0 atom stereocenters. The molecule has 0 bridgehead atoms. The zero-order valence-electron chi connectivity index (χ0n) is 11.4. The number of carbonyl (C=O) groups excluding carboxylic acids is 1. The van der Waals surface area contributed by atoms with E-state index in [0.717, 1.165) is 0 Å². The van der Waals surface area contributed by atoms with Crippen LogP contribution in [0.4, 0.5) is 13.6 Å². The average Bonchev–Trinajstić information content (AvgIpc) is 2.27. The lowest BCUT2D eigenvalue weighted by Crippen LogP contribution is -2.32. The van der Waals surface area contributed by atoms with Gasteiger partial charge in [0.25, 0.3) is 0 Å². The molecule has 0 aliphatic heterocycles. The van der Waals surface area contributed by atoms with E-state index in [1.807, 2.05) is 0 Å². The molecular formula is C13H16BrF2NO3. The van der Waals surface area contributed by atoms with Gasteiger partial charge in [0.2, 0.25) is 0 Å². The van der Waals surface area contributed by atoms with E-state index in [-0.39, 0.29) is 12.3 Å². The molecule has 0 radical (unpaired) electrons. The van der Waals surface area contributed by atoms with Gasteiger partial charge in [-0.05, 0) is 42.8 Å². The van der Waals surface area contributed by atoms with Gasteiger partial charge in [-0.2, -0.15) is 8.78 Å². The Morgan fingerprint density at radius 1 is 1.40 bits per heavy atom. The Bertz CT molecular complexity index is 475. The van der Waals surface area contributed by atoms with E-state index in [2.05, 4.69) is 26.0 Å². The zero-order chi connectivity index (χ0) is 15.3. The maximum atomic E-state index is 12.3. The summed E-state index contributed by atoms with van der Waals surface area (Å²) in [5.74, 6) is -0.00133. The van der Waals surface area contributed by atoms with E-state index in [1.165, 1.54) is 0 Å². The van der Waals surface area contributed by atoms with Gasteiger partial charge in [0.1, 0.15) is 11.4 Å². The van der Waals surface area contributed by atoms with Crippen molar-refractivity contribution < 1.29 is 23.0 Å². The van der Waals surface area contributed by atoms with E-state index in [9.17, 15) is 13.6 Å². The van der Waals surface area contributed by atoms with Gasteiger partial charge in [-0.15, -0.1) is 0 Å². The number of benzene rings is 1. The van der Waals surface area contributed by atoms with Crippen molar-refractivity contribution in [3.05, 3.63) is 28.2 Å². The van der Waals surface area contributed by atoms with Crippen molar-refractivity contribution in [1.29, 1.82) is 0 Å². The number of alkyl carbamates (subject to hydrolysis) is 1. The van der Waals surface area contributed by atoms with Gasteiger partial charge >= 0.3 is 12.7 Å². The molecule has 0 saturated carbocycles. The van der Waals surface area contributed by atoms with Crippen molar-refractivity contribution in [3.8, 4) is 5.75 Å². The van der Waals surface area contributed by atoms with Gasteiger partial charge in [-0.1, -0.05) is 12.1 Å². The minimum absolute atomic E-state index is 0.00133. The zero-order valence-corrected chi connectivity index (χ0v) is 13.0. The third-order valence-corrected chi connectivity index (χ3v) is 2.70. The molecule has 112 valence electrons. The molecule has 0 heterocycles. The number of hydrogen-bond donors (Lipinski definition) is 1. The number of amides is 1. The van der Waals surface area contributed by atoms with E-state index in [1.54, 1.807) is 39.0 Å². The molecule has 0 aromatic heterocycles. The highest BCUT2D eigenvalue weighted by atomic mass is 79.9. The third kappa shape index (κ3) is 5.73. The van der Waals surface area contributed by atoms with E-state index < -0.39 is 18.3 Å². The summed E-state index contributed by atoms with van der Waals surface area (Å²) in [4.78, 5) is 11.5. The van der Waals surface area contributed by atoms with Crippen molar-refractivity contribution in [1.82, 2.24) is 5.32 Å². The molecule has 1 aromatic carbocycles. The quantitative estimate of drug-likeness (QED) is 0.889. The lowest BCUT2D eigenvalue weighted by atomic mass is 10.2. The van der Waals surface area contributed by atoms with Crippen LogP contribution < -0.4 is 10.1 Å². The van der Waals surface area contributed by atoms with Crippen LogP contribution in [0.3, 0.4) is 0 Å². The summed E-state index contributed by atoms with van der Waals surface area (Å²) in [6, 6.07) is 4.82. The fraction of sp³-hybridized carbons (Fsp3) is 0.462. The largest absolute Gasteiger partial charge is 0.444 e. The van der Waals surface area contributed by atoms with Crippen molar-refractivity contribution >= 4 is 22.0 Å². The molecular weight excluding hydrogens is 336 g/mol. The molecule has 0 saturated heterocycles. The van der Waals surface area contributed by atoms with Crippen LogP contribution in [0.1, 0.15) is 26.3 Å². The van der Waals surface area contributed by atoms with Gasteiger partial charge in [0, 0.05) is 12.1 Å². The molecule has 1 amide bonds. The second-order valence-electron chi connectivity index (χ2n) is 4.96. The Labute approximate surface area is 124 Å². The smallest absolute Gasteiger partial charge is 0.407 e. The number of hydrogen-bond acceptors (Lipinski definition) is 3. The summed E-state index contributed by atoms with van der Waals surface area (Å²) in [6.07, 6.45) is -0.625. The van der Waals surface area contributed by atoms with Crippen molar-refractivity contribution in [3.63, 3.8) is 0 Å². The molecule has 1 N–H and O–H groups in total. The number of carbonyl (C=O) groups is 1. The average molecular weight is 352 g/mol. The van der Waals surface area contributed by atoms with Crippen LogP contribution in [-0.2, 0) is 11.3 Å². The van der Waals surface area contributed by atoms with Crippen LogP contribution in [0.25, 0.3) is 0 Å². The van der Waals surface area contributed by atoms with Gasteiger partial charge in [0.05, 0.1) is 4.47 Å². The SMILES string of the molecule is CC(C)(C)OC(=O)NCc1cccc(Br)c1OC(F)F. The minimum Gasteiger partial charge on any atom is -0.444 e. The molecule has 1 rings (SSSR count). The first kappa shape index (κ1) is 16.7. The highest BCUT2D eigenvalue weighted by Crippen LogP contribution is 2.30. The van der Waals surface area contributed by atoms with Gasteiger partial charge in [0.15, 0.2) is 0 Å². The first-order valence-corrected chi connectivity index (χ1v) is 6.67.